The molecule has 1 heterocycles. The Morgan fingerprint density at radius 1 is 1.37 bits per heavy atom. The first-order valence-corrected chi connectivity index (χ1v) is 5.89. The van der Waals surface area contributed by atoms with E-state index in [-0.39, 0.29) is 10.7 Å². The number of hydrogen-bond acceptors (Lipinski definition) is 3. The molecule has 0 bridgehead atoms. The third-order valence-corrected chi connectivity index (χ3v) is 2.79. The molecular formula is C13H11ClFN3O. The molecule has 0 spiro atoms. The number of pyridine rings is 1. The molecule has 19 heavy (non-hydrogen) atoms. The molecule has 98 valence electrons. The number of nitrogens with one attached hydrogen (secondary N) is 2. The van der Waals surface area contributed by atoms with E-state index >= 15 is 0 Å². The molecule has 0 radical (unpaired) electrons. The Bertz CT molecular complexity index is 598. The zero-order chi connectivity index (χ0) is 13.8. The summed E-state index contributed by atoms with van der Waals surface area (Å²) < 4.78 is 13.5. The number of anilines is 2. The van der Waals surface area contributed by atoms with Crippen molar-refractivity contribution in [2.24, 2.45) is 0 Å². The van der Waals surface area contributed by atoms with Crippen molar-refractivity contribution in [1.82, 2.24) is 4.98 Å². The number of hydrogen-bond donors (Lipinski definition) is 2. The Morgan fingerprint density at radius 3 is 2.84 bits per heavy atom. The first-order valence-electron chi connectivity index (χ1n) is 5.51. The fourth-order valence-electron chi connectivity index (χ4n) is 1.51. The van der Waals surface area contributed by atoms with E-state index in [0.717, 1.165) is 0 Å². The second-order valence-corrected chi connectivity index (χ2v) is 4.14. The van der Waals surface area contributed by atoms with E-state index < -0.39 is 11.7 Å². The summed E-state index contributed by atoms with van der Waals surface area (Å²) >= 11 is 5.84. The van der Waals surface area contributed by atoms with Crippen molar-refractivity contribution in [3.8, 4) is 0 Å². The number of halogens is 2. The summed E-state index contributed by atoms with van der Waals surface area (Å²) in [7, 11) is 1.69. The van der Waals surface area contributed by atoms with Crippen molar-refractivity contribution < 1.29 is 9.18 Å². The SMILES string of the molecule is CNc1cc(C(=O)Nc2c(F)cccc2Cl)ccn1. The van der Waals surface area contributed by atoms with Gasteiger partial charge in [0.2, 0.25) is 0 Å². The van der Waals surface area contributed by atoms with Crippen LogP contribution in [0, 0.1) is 5.82 Å². The van der Waals surface area contributed by atoms with Gasteiger partial charge in [-0.05, 0) is 24.3 Å². The van der Waals surface area contributed by atoms with Crippen LogP contribution in [0.2, 0.25) is 5.02 Å². The van der Waals surface area contributed by atoms with E-state index in [4.69, 9.17) is 11.6 Å². The second kappa shape index (κ2) is 5.67. The van der Waals surface area contributed by atoms with Crippen LogP contribution in [-0.2, 0) is 0 Å². The van der Waals surface area contributed by atoms with Crippen LogP contribution in [0.4, 0.5) is 15.9 Å². The average molecular weight is 280 g/mol. The lowest BCUT2D eigenvalue weighted by molar-refractivity contribution is 0.102. The van der Waals surface area contributed by atoms with Crippen LogP contribution in [0.1, 0.15) is 10.4 Å². The molecule has 0 unspecified atom stereocenters. The lowest BCUT2D eigenvalue weighted by Crippen LogP contribution is -2.14. The number of aromatic nitrogens is 1. The summed E-state index contributed by atoms with van der Waals surface area (Å²) in [6.45, 7) is 0. The van der Waals surface area contributed by atoms with Gasteiger partial charge in [-0.15, -0.1) is 0 Å². The minimum absolute atomic E-state index is 0.0306. The van der Waals surface area contributed by atoms with Crippen LogP contribution in [0.3, 0.4) is 0 Å². The average Bonchev–Trinajstić information content (AvgIpc) is 2.43. The smallest absolute Gasteiger partial charge is 0.255 e. The first kappa shape index (κ1) is 13.3. The van der Waals surface area contributed by atoms with E-state index in [1.165, 1.54) is 30.5 Å². The van der Waals surface area contributed by atoms with Crippen molar-refractivity contribution in [1.29, 1.82) is 0 Å². The number of nitrogens with zero attached hydrogens (tertiary/aromatic N) is 1. The molecule has 2 aromatic rings. The van der Waals surface area contributed by atoms with Crippen LogP contribution in [0.5, 0.6) is 0 Å². The normalized spacial score (nSPS) is 10.1. The summed E-state index contributed by atoms with van der Waals surface area (Å²) in [4.78, 5) is 16.0. The van der Waals surface area contributed by atoms with Crippen LogP contribution in [-0.4, -0.2) is 17.9 Å². The quantitative estimate of drug-likeness (QED) is 0.907. The van der Waals surface area contributed by atoms with Gasteiger partial charge in [0.25, 0.3) is 5.91 Å². The molecule has 4 nitrogen and oxygen atoms in total. The molecule has 0 aliphatic rings. The maximum atomic E-state index is 13.5. The lowest BCUT2D eigenvalue weighted by Gasteiger charge is -2.08. The summed E-state index contributed by atoms with van der Waals surface area (Å²) in [5, 5.41) is 5.41. The van der Waals surface area contributed by atoms with Crippen LogP contribution >= 0.6 is 11.6 Å². The standard InChI is InChI=1S/C13H11ClFN3O/c1-16-11-7-8(5-6-17-11)13(19)18-12-9(14)3-2-4-10(12)15/h2-7H,1H3,(H,16,17)(H,18,19). The molecule has 2 N–H and O–H groups in total. The molecule has 0 aliphatic carbocycles. The molecule has 0 fully saturated rings. The fourth-order valence-corrected chi connectivity index (χ4v) is 1.72. The minimum atomic E-state index is -0.580. The topological polar surface area (TPSA) is 54.0 Å². The van der Waals surface area contributed by atoms with Gasteiger partial charge in [-0.1, -0.05) is 17.7 Å². The third kappa shape index (κ3) is 3.00. The number of para-hydroxylation sites is 1. The molecule has 2 rings (SSSR count). The van der Waals surface area contributed by atoms with Gasteiger partial charge in [0, 0.05) is 18.8 Å². The molecule has 6 heteroatoms. The van der Waals surface area contributed by atoms with Gasteiger partial charge in [0.05, 0.1) is 10.7 Å². The number of amides is 1. The lowest BCUT2D eigenvalue weighted by atomic mass is 10.2. The first-order chi connectivity index (χ1) is 9.11. The maximum Gasteiger partial charge on any atom is 0.255 e. The maximum absolute atomic E-state index is 13.5. The monoisotopic (exact) mass is 279 g/mol. The van der Waals surface area contributed by atoms with Crippen LogP contribution in [0.15, 0.2) is 36.5 Å². The Balaban J connectivity index is 2.25. The second-order valence-electron chi connectivity index (χ2n) is 3.73. The van der Waals surface area contributed by atoms with Gasteiger partial charge in [0.1, 0.15) is 11.6 Å². The number of carbonyl (C=O) groups excluding carboxylic acids is 1. The predicted octanol–water partition coefficient (Wildman–Crippen LogP) is 3.17. The Labute approximate surface area is 114 Å². The van der Waals surface area contributed by atoms with Gasteiger partial charge in [-0.25, -0.2) is 9.37 Å². The number of rotatable bonds is 3. The molecule has 0 aliphatic heterocycles. The van der Waals surface area contributed by atoms with Gasteiger partial charge >= 0.3 is 0 Å². The van der Waals surface area contributed by atoms with Crippen molar-refractivity contribution >= 4 is 29.0 Å². The summed E-state index contributed by atoms with van der Waals surface area (Å²) in [5.41, 5.74) is 0.329. The Hall–Kier alpha value is -2.14. The minimum Gasteiger partial charge on any atom is -0.373 e. The highest BCUT2D eigenvalue weighted by molar-refractivity contribution is 6.34. The zero-order valence-electron chi connectivity index (χ0n) is 10.1. The Morgan fingerprint density at radius 2 is 2.16 bits per heavy atom. The van der Waals surface area contributed by atoms with Crippen molar-refractivity contribution in [2.45, 2.75) is 0 Å². The molecule has 1 aromatic carbocycles. The molecular weight excluding hydrogens is 269 g/mol. The highest BCUT2D eigenvalue weighted by Gasteiger charge is 2.12. The van der Waals surface area contributed by atoms with E-state index in [0.29, 0.717) is 11.4 Å². The highest BCUT2D eigenvalue weighted by atomic mass is 35.5. The van der Waals surface area contributed by atoms with Crippen LogP contribution in [0.25, 0.3) is 0 Å². The fraction of sp³-hybridized carbons (Fsp3) is 0.0769. The molecule has 1 aromatic heterocycles. The van der Waals surface area contributed by atoms with Gasteiger partial charge in [0.15, 0.2) is 0 Å². The highest BCUT2D eigenvalue weighted by Crippen LogP contribution is 2.25. The summed E-state index contributed by atoms with van der Waals surface area (Å²) in [6.07, 6.45) is 1.49. The number of benzene rings is 1. The molecule has 1 amide bonds. The van der Waals surface area contributed by atoms with Crippen LogP contribution < -0.4 is 10.6 Å². The van der Waals surface area contributed by atoms with E-state index in [1.54, 1.807) is 13.1 Å². The van der Waals surface area contributed by atoms with Gasteiger partial charge in [-0.2, -0.15) is 0 Å². The van der Waals surface area contributed by atoms with E-state index in [9.17, 15) is 9.18 Å². The van der Waals surface area contributed by atoms with Crippen molar-refractivity contribution in [3.63, 3.8) is 0 Å². The largest absolute Gasteiger partial charge is 0.373 e. The summed E-state index contributed by atoms with van der Waals surface area (Å²) in [6, 6.07) is 7.30. The van der Waals surface area contributed by atoms with Gasteiger partial charge < -0.3 is 10.6 Å². The number of carbonyl (C=O) groups is 1. The van der Waals surface area contributed by atoms with E-state index in [2.05, 4.69) is 15.6 Å². The molecule has 0 saturated carbocycles. The van der Waals surface area contributed by atoms with Gasteiger partial charge in [-0.3, -0.25) is 4.79 Å². The Kier molecular flexibility index (Phi) is 3.97. The predicted molar refractivity (Wildman–Crippen MR) is 73.1 cm³/mol. The van der Waals surface area contributed by atoms with E-state index in [1.807, 2.05) is 0 Å². The van der Waals surface area contributed by atoms with Crippen molar-refractivity contribution in [3.05, 3.63) is 52.9 Å². The zero-order valence-corrected chi connectivity index (χ0v) is 10.8. The summed E-state index contributed by atoms with van der Waals surface area (Å²) in [5.74, 6) is -0.484. The van der Waals surface area contributed by atoms with Crippen molar-refractivity contribution in [2.75, 3.05) is 17.7 Å². The third-order valence-electron chi connectivity index (χ3n) is 2.48. The molecule has 0 saturated heterocycles. The molecule has 0 atom stereocenters.